The van der Waals surface area contributed by atoms with Gasteiger partial charge in [-0.05, 0) is 42.7 Å². The van der Waals surface area contributed by atoms with Gasteiger partial charge in [0.05, 0.1) is 24.5 Å². The van der Waals surface area contributed by atoms with E-state index in [0.29, 0.717) is 31.2 Å². The van der Waals surface area contributed by atoms with Crippen LogP contribution in [0.25, 0.3) is 0 Å². The average Bonchev–Trinajstić information content (AvgIpc) is 2.78. The summed E-state index contributed by atoms with van der Waals surface area (Å²) in [6.45, 7) is 0.556. The monoisotopic (exact) mass is 452 g/mol. The lowest BCUT2D eigenvalue weighted by molar-refractivity contribution is -0.139. The lowest BCUT2D eigenvalue weighted by Crippen LogP contribution is -2.45. The molecule has 5 nitrogen and oxygen atoms in total. The molecule has 172 valence electrons. The van der Waals surface area contributed by atoms with Crippen molar-refractivity contribution in [2.45, 2.75) is 32.0 Å². The van der Waals surface area contributed by atoms with Gasteiger partial charge in [-0.3, -0.25) is 9.59 Å². The predicted octanol–water partition coefficient (Wildman–Crippen LogP) is 4.17. The molecule has 2 amide bonds. The van der Waals surface area contributed by atoms with Crippen molar-refractivity contribution in [3.05, 3.63) is 65.5 Å². The Morgan fingerprint density at radius 3 is 2.59 bits per heavy atom. The van der Waals surface area contributed by atoms with Crippen LogP contribution in [0.1, 0.15) is 30.4 Å². The molecule has 1 aliphatic heterocycles. The first-order valence-electron chi connectivity index (χ1n) is 10.3. The van der Waals surface area contributed by atoms with E-state index in [1.165, 1.54) is 0 Å². The number of amides is 2. The number of alkyl halides is 3. The highest BCUT2D eigenvalue weighted by molar-refractivity contribution is 5.81. The van der Waals surface area contributed by atoms with Gasteiger partial charge in [0.15, 0.2) is 0 Å². The number of benzene rings is 2. The molecule has 2 aromatic rings. The fraction of sp³-hybridized carbons (Fsp3) is 0.391. The van der Waals surface area contributed by atoms with Crippen LogP contribution in [-0.2, 0) is 22.3 Å². The Hall–Kier alpha value is -3.10. The average molecular weight is 452 g/mol. The van der Waals surface area contributed by atoms with Crippen LogP contribution in [-0.4, -0.2) is 36.4 Å². The van der Waals surface area contributed by atoms with Gasteiger partial charge in [0, 0.05) is 19.6 Å². The summed E-state index contributed by atoms with van der Waals surface area (Å²) in [5, 5.41) is 2.50. The zero-order valence-corrected chi connectivity index (χ0v) is 17.3. The van der Waals surface area contributed by atoms with E-state index in [4.69, 9.17) is 4.74 Å². The predicted molar refractivity (Wildman–Crippen MR) is 109 cm³/mol. The van der Waals surface area contributed by atoms with E-state index in [9.17, 15) is 27.2 Å². The number of hydrogen-bond acceptors (Lipinski definition) is 3. The second kappa shape index (κ2) is 10.5. The molecule has 1 N–H and O–H groups in total. The summed E-state index contributed by atoms with van der Waals surface area (Å²) in [5.74, 6) is -1.42. The summed E-state index contributed by atoms with van der Waals surface area (Å²) < 4.78 is 58.1. The number of ether oxygens (including phenoxy) is 1. The molecular formula is C23H24F4N2O3. The van der Waals surface area contributed by atoms with E-state index in [-0.39, 0.29) is 37.6 Å². The molecule has 0 radical (unpaired) electrons. The highest BCUT2D eigenvalue weighted by Crippen LogP contribution is 2.32. The van der Waals surface area contributed by atoms with E-state index < -0.39 is 29.4 Å². The molecule has 1 fully saturated rings. The van der Waals surface area contributed by atoms with Crippen molar-refractivity contribution in [2.24, 2.45) is 5.92 Å². The number of nitrogens with zero attached hydrogens (tertiary/aromatic N) is 1. The Bertz CT molecular complexity index is 935. The van der Waals surface area contributed by atoms with Gasteiger partial charge in [-0.25, -0.2) is 4.39 Å². The summed E-state index contributed by atoms with van der Waals surface area (Å²) in [4.78, 5) is 26.6. The summed E-state index contributed by atoms with van der Waals surface area (Å²) in [5.41, 5.74) is -1.33. The Morgan fingerprint density at radius 1 is 1.12 bits per heavy atom. The lowest BCUT2D eigenvalue weighted by atomic mass is 9.96. The molecular weight excluding hydrogens is 428 g/mol. The molecule has 1 atom stereocenters. The highest BCUT2D eigenvalue weighted by Gasteiger charge is 2.34. The van der Waals surface area contributed by atoms with Crippen LogP contribution in [0.4, 0.5) is 17.6 Å². The number of nitrogens with one attached hydrogen (secondary N) is 1. The van der Waals surface area contributed by atoms with Crippen molar-refractivity contribution in [1.29, 1.82) is 0 Å². The maximum atomic E-state index is 13.2. The summed E-state index contributed by atoms with van der Waals surface area (Å²) in [7, 11) is 0. The molecule has 2 aromatic carbocycles. The standard InChI is InChI=1S/C23H24F4N2O3/c24-18-9-8-16(20(13-18)23(25,26)27)14-28-22(31)17-5-4-11-29(15-17)21(30)10-12-32-19-6-2-1-3-7-19/h1-3,6-9,13,17H,4-5,10-12,14-15H2,(H,28,31). The molecule has 1 aliphatic rings. The molecule has 3 rings (SSSR count). The van der Waals surface area contributed by atoms with Crippen LogP contribution >= 0.6 is 0 Å². The van der Waals surface area contributed by atoms with E-state index >= 15 is 0 Å². The number of likely N-dealkylation sites (tertiary alicyclic amines) is 1. The minimum Gasteiger partial charge on any atom is -0.493 e. The molecule has 0 spiro atoms. The fourth-order valence-electron chi connectivity index (χ4n) is 3.64. The van der Waals surface area contributed by atoms with Crippen LogP contribution in [0.15, 0.2) is 48.5 Å². The van der Waals surface area contributed by atoms with E-state index in [1.807, 2.05) is 18.2 Å². The van der Waals surface area contributed by atoms with Gasteiger partial charge in [0.2, 0.25) is 11.8 Å². The van der Waals surface area contributed by atoms with Gasteiger partial charge in [-0.15, -0.1) is 0 Å². The molecule has 32 heavy (non-hydrogen) atoms. The van der Waals surface area contributed by atoms with Crippen molar-refractivity contribution in [1.82, 2.24) is 10.2 Å². The van der Waals surface area contributed by atoms with Gasteiger partial charge in [-0.2, -0.15) is 13.2 Å². The molecule has 0 aliphatic carbocycles. The highest BCUT2D eigenvalue weighted by atomic mass is 19.4. The largest absolute Gasteiger partial charge is 0.493 e. The Morgan fingerprint density at radius 2 is 1.88 bits per heavy atom. The molecule has 1 unspecified atom stereocenters. The van der Waals surface area contributed by atoms with Crippen molar-refractivity contribution in [3.63, 3.8) is 0 Å². The fourth-order valence-corrected chi connectivity index (χ4v) is 3.64. The third kappa shape index (κ3) is 6.45. The molecule has 9 heteroatoms. The van der Waals surface area contributed by atoms with Gasteiger partial charge in [0.1, 0.15) is 11.6 Å². The minimum absolute atomic E-state index is 0.142. The summed E-state index contributed by atoms with van der Waals surface area (Å²) in [6.07, 6.45) is -3.41. The van der Waals surface area contributed by atoms with Gasteiger partial charge in [-0.1, -0.05) is 24.3 Å². The first kappa shape index (κ1) is 23.6. The van der Waals surface area contributed by atoms with Crippen molar-refractivity contribution >= 4 is 11.8 Å². The number of piperidine rings is 1. The summed E-state index contributed by atoms with van der Waals surface area (Å²) in [6, 6.07) is 11.4. The number of rotatable bonds is 7. The van der Waals surface area contributed by atoms with Crippen LogP contribution in [0.3, 0.4) is 0 Å². The molecule has 0 bridgehead atoms. The number of halogens is 4. The van der Waals surface area contributed by atoms with Crippen LogP contribution < -0.4 is 10.1 Å². The van der Waals surface area contributed by atoms with Crippen molar-refractivity contribution < 1.29 is 31.9 Å². The number of carbonyl (C=O) groups is 2. The maximum absolute atomic E-state index is 13.2. The first-order chi connectivity index (χ1) is 15.2. The third-order valence-electron chi connectivity index (χ3n) is 5.30. The number of para-hydroxylation sites is 1. The van der Waals surface area contributed by atoms with E-state index in [0.717, 1.165) is 12.1 Å². The SMILES string of the molecule is O=C(NCc1ccc(F)cc1C(F)(F)F)C1CCCN(C(=O)CCOc2ccccc2)C1. The number of carbonyl (C=O) groups excluding carboxylic acids is 2. The van der Waals surface area contributed by atoms with Crippen molar-refractivity contribution in [2.75, 3.05) is 19.7 Å². The maximum Gasteiger partial charge on any atom is 0.416 e. The molecule has 0 aromatic heterocycles. The summed E-state index contributed by atoms with van der Waals surface area (Å²) >= 11 is 0. The first-order valence-corrected chi connectivity index (χ1v) is 10.3. The Kier molecular flexibility index (Phi) is 7.71. The van der Waals surface area contributed by atoms with Gasteiger partial charge in [0.25, 0.3) is 0 Å². The lowest BCUT2D eigenvalue weighted by Gasteiger charge is -2.32. The van der Waals surface area contributed by atoms with E-state index in [2.05, 4.69) is 5.32 Å². The zero-order chi connectivity index (χ0) is 23.1. The van der Waals surface area contributed by atoms with Crippen LogP contribution in [0.5, 0.6) is 5.75 Å². The second-order valence-electron chi connectivity index (χ2n) is 7.61. The Labute approximate surface area is 183 Å². The van der Waals surface area contributed by atoms with Gasteiger partial charge < -0.3 is 15.0 Å². The topological polar surface area (TPSA) is 58.6 Å². The molecule has 0 saturated carbocycles. The molecule has 1 saturated heterocycles. The van der Waals surface area contributed by atoms with Crippen molar-refractivity contribution in [3.8, 4) is 5.75 Å². The Balaban J connectivity index is 1.50. The van der Waals surface area contributed by atoms with Crippen LogP contribution in [0.2, 0.25) is 0 Å². The normalized spacial score (nSPS) is 16.5. The number of hydrogen-bond donors (Lipinski definition) is 1. The smallest absolute Gasteiger partial charge is 0.416 e. The second-order valence-corrected chi connectivity index (χ2v) is 7.61. The molecule has 1 heterocycles. The minimum atomic E-state index is -4.72. The van der Waals surface area contributed by atoms with Crippen LogP contribution in [0, 0.1) is 11.7 Å². The zero-order valence-electron chi connectivity index (χ0n) is 17.3. The van der Waals surface area contributed by atoms with E-state index in [1.54, 1.807) is 17.0 Å². The quantitative estimate of drug-likeness (QED) is 0.642. The van der Waals surface area contributed by atoms with Gasteiger partial charge >= 0.3 is 6.18 Å². The third-order valence-corrected chi connectivity index (χ3v) is 5.30.